The molecule has 0 aliphatic rings. The van der Waals surface area contributed by atoms with Crippen molar-refractivity contribution in [2.75, 3.05) is 14.2 Å². The van der Waals surface area contributed by atoms with Gasteiger partial charge in [-0.15, -0.1) is 0 Å². The van der Waals surface area contributed by atoms with Crippen LogP contribution in [0.3, 0.4) is 0 Å². The Hall–Kier alpha value is -1.22. The van der Waals surface area contributed by atoms with Crippen LogP contribution in [0.25, 0.3) is 0 Å². The Kier molecular flexibility index (Phi) is 6.55. The highest BCUT2D eigenvalue weighted by atomic mass is 16.6. The third kappa shape index (κ3) is 5.04. The summed E-state index contributed by atoms with van der Waals surface area (Å²) < 4.78 is 19.6. The lowest BCUT2D eigenvalue weighted by Crippen LogP contribution is -2.51. The smallest absolute Gasteiger partial charge is 0.419 e. The minimum Gasteiger partial charge on any atom is -0.435 e. The van der Waals surface area contributed by atoms with E-state index in [4.69, 9.17) is 30.4 Å². The fourth-order valence-corrected chi connectivity index (χ4v) is 0.843. The number of nitrogens with two attached hydrogens (primary N) is 2. The summed E-state index contributed by atoms with van der Waals surface area (Å²) in [5.41, 5.74) is 9.34. The van der Waals surface area contributed by atoms with Crippen molar-refractivity contribution in [1.82, 2.24) is 0 Å². The van der Waals surface area contributed by atoms with Crippen LogP contribution in [-0.4, -0.2) is 49.8 Å². The molecule has 4 N–H and O–H groups in total. The van der Waals surface area contributed by atoms with Crippen LogP contribution < -0.4 is 11.5 Å². The second kappa shape index (κ2) is 6.98. The fourth-order valence-electron chi connectivity index (χ4n) is 0.843. The molecule has 8 nitrogen and oxygen atoms in total. The first kappa shape index (κ1) is 18.8. The molecule has 0 spiro atoms. The van der Waals surface area contributed by atoms with Crippen molar-refractivity contribution < 1.29 is 28.5 Å². The maximum absolute atomic E-state index is 11.5. The van der Waals surface area contributed by atoms with Gasteiger partial charge in [0.15, 0.2) is 12.5 Å². The van der Waals surface area contributed by atoms with E-state index in [9.17, 15) is 9.59 Å². The van der Waals surface area contributed by atoms with E-state index < -0.39 is 35.6 Å². The molecule has 2 unspecified atom stereocenters. The summed E-state index contributed by atoms with van der Waals surface area (Å²) in [5.74, 6) is -2.49. The molecular formula is C12H24N2O6. The summed E-state index contributed by atoms with van der Waals surface area (Å²) in [7, 11) is 2.81. The first-order valence-corrected chi connectivity index (χ1v) is 6.01. The Morgan fingerprint density at radius 3 is 1.25 bits per heavy atom. The quantitative estimate of drug-likeness (QED) is 0.381. The van der Waals surface area contributed by atoms with E-state index in [1.165, 1.54) is 14.2 Å². The zero-order valence-electron chi connectivity index (χ0n) is 12.8. The zero-order valence-corrected chi connectivity index (χ0v) is 12.8. The number of ether oxygens (including phenoxy) is 4. The topological polar surface area (TPSA) is 123 Å². The van der Waals surface area contributed by atoms with Gasteiger partial charge in [-0.1, -0.05) is 0 Å². The van der Waals surface area contributed by atoms with Gasteiger partial charge in [-0.3, -0.25) is 11.5 Å². The molecule has 0 aromatic rings. The number of carbonyl (C=O) groups is 2. The lowest BCUT2D eigenvalue weighted by atomic mass is 10.1. The monoisotopic (exact) mass is 292 g/mol. The zero-order chi connectivity index (χ0) is 16.1. The third-order valence-corrected chi connectivity index (χ3v) is 3.06. The largest absolute Gasteiger partial charge is 0.435 e. The minimum atomic E-state index is -1.25. The molecular weight excluding hydrogens is 268 g/mol. The fraction of sp³-hybridized carbons (Fsp3) is 0.833. The van der Waals surface area contributed by atoms with Crippen molar-refractivity contribution in [2.45, 2.75) is 51.4 Å². The number of methoxy groups -OCH3 is 2. The average Bonchev–Trinajstić information content (AvgIpc) is 2.37. The average molecular weight is 292 g/mol. The summed E-state index contributed by atoms with van der Waals surface area (Å²) in [5, 5.41) is 0. The summed E-state index contributed by atoms with van der Waals surface area (Å²) in [6.07, 6.45) is -2.25. The maximum Gasteiger partial charge on any atom is 0.419 e. The van der Waals surface area contributed by atoms with E-state index in [0.717, 1.165) is 0 Å². The molecule has 0 bridgehead atoms. The van der Waals surface area contributed by atoms with Crippen LogP contribution >= 0.6 is 0 Å². The van der Waals surface area contributed by atoms with E-state index in [-0.39, 0.29) is 0 Å². The van der Waals surface area contributed by atoms with Gasteiger partial charge in [-0.05, 0) is 27.7 Å². The molecule has 0 saturated heterocycles. The van der Waals surface area contributed by atoms with Crippen LogP contribution in [0.4, 0.5) is 0 Å². The number of carbonyl (C=O) groups excluding carboxylic acids is 2. The van der Waals surface area contributed by atoms with E-state index in [2.05, 4.69) is 0 Å². The number of hydrogen-bond donors (Lipinski definition) is 2. The number of rotatable bonds is 6. The van der Waals surface area contributed by atoms with Crippen molar-refractivity contribution >= 4 is 11.9 Å². The second-order valence-corrected chi connectivity index (χ2v) is 5.27. The van der Waals surface area contributed by atoms with E-state index in [1.54, 1.807) is 27.7 Å². The van der Waals surface area contributed by atoms with Crippen molar-refractivity contribution in [3.8, 4) is 0 Å². The number of hydrogen-bond acceptors (Lipinski definition) is 8. The highest BCUT2D eigenvalue weighted by Crippen LogP contribution is 2.15. The van der Waals surface area contributed by atoms with Crippen LogP contribution in [-0.2, 0) is 28.5 Å². The van der Waals surface area contributed by atoms with E-state index >= 15 is 0 Å². The lowest BCUT2D eigenvalue weighted by molar-refractivity contribution is -0.188. The van der Waals surface area contributed by atoms with Gasteiger partial charge in [-0.25, -0.2) is 9.59 Å². The third-order valence-electron chi connectivity index (χ3n) is 3.06. The molecule has 0 saturated carbocycles. The molecule has 2 atom stereocenters. The maximum atomic E-state index is 11.5. The molecule has 0 rings (SSSR count). The Labute approximate surface area is 118 Å². The summed E-state index contributed by atoms with van der Waals surface area (Å²) in [4.78, 5) is 23.1. The van der Waals surface area contributed by atoms with Crippen LogP contribution in [0.5, 0.6) is 0 Å². The molecule has 0 heterocycles. The molecule has 0 fully saturated rings. The van der Waals surface area contributed by atoms with Gasteiger partial charge >= 0.3 is 11.9 Å². The highest BCUT2D eigenvalue weighted by molar-refractivity contribution is 6.29. The molecule has 0 aromatic heterocycles. The standard InChI is InChI=1S/C12H24N2O6/c1-11(2,17-5)9(13)19-7(15)8(16)20-10(14)12(3,4)18-6/h9-10H,13-14H2,1-6H3. The van der Waals surface area contributed by atoms with Crippen LogP contribution in [0.2, 0.25) is 0 Å². The minimum absolute atomic E-state index is 0.941. The van der Waals surface area contributed by atoms with Gasteiger partial charge in [0, 0.05) is 14.2 Å². The van der Waals surface area contributed by atoms with Gasteiger partial charge in [0.2, 0.25) is 0 Å². The first-order chi connectivity index (χ1) is 8.97. The predicted molar refractivity (Wildman–Crippen MR) is 70.3 cm³/mol. The SMILES string of the molecule is COC(C)(C)C(N)OC(=O)C(=O)OC(N)C(C)(C)OC. The Morgan fingerprint density at radius 2 is 1.05 bits per heavy atom. The van der Waals surface area contributed by atoms with Crippen LogP contribution in [0.15, 0.2) is 0 Å². The molecule has 0 aliphatic heterocycles. The van der Waals surface area contributed by atoms with Gasteiger partial charge in [-0.2, -0.15) is 0 Å². The van der Waals surface area contributed by atoms with E-state index in [0.29, 0.717) is 0 Å². The Bertz CT molecular complexity index is 322. The summed E-state index contributed by atoms with van der Waals surface area (Å²) in [6, 6.07) is 0. The Morgan fingerprint density at radius 1 is 0.800 bits per heavy atom. The molecule has 0 amide bonds. The normalized spacial score (nSPS) is 15.4. The summed E-state index contributed by atoms with van der Waals surface area (Å²) in [6.45, 7) is 6.43. The summed E-state index contributed by atoms with van der Waals surface area (Å²) >= 11 is 0. The first-order valence-electron chi connectivity index (χ1n) is 6.01. The predicted octanol–water partition coefficient (Wildman–Crippen LogP) is -0.508. The molecule has 0 radical (unpaired) electrons. The lowest BCUT2D eigenvalue weighted by Gasteiger charge is -2.30. The Balaban J connectivity index is 4.55. The second-order valence-electron chi connectivity index (χ2n) is 5.27. The van der Waals surface area contributed by atoms with Crippen molar-refractivity contribution in [3.63, 3.8) is 0 Å². The van der Waals surface area contributed by atoms with Gasteiger partial charge < -0.3 is 18.9 Å². The van der Waals surface area contributed by atoms with Crippen molar-refractivity contribution in [1.29, 1.82) is 0 Å². The molecule has 0 aliphatic carbocycles. The van der Waals surface area contributed by atoms with Crippen molar-refractivity contribution in [2.24, 2.45) is 11.5 Å². The van der Waals surface area contributed by atoms with E-state index in [1.807, 2.05) is 0 Å². The number of esters is 2. The van der Waals surface area contributed by atoms with Crippen molar-refractivity contribution in [3.05, 3.63) is 0 Å². The van der Waals surface area contributed by atoms with Gasteiger partial charge in [0.05, 0.1) is 0 Å². The van der Waals surface area contributed by atoms with Gasteiger partial charge in [0.25, 0.3) is 0 Å². The van der Waals surface area contributed by atoms with Crippen LogP contribution in [0, 0.1) is 0 Å². The van der Waals surface area contributed by atoms with Gasteiger partial charge in [0.1, 0.15) is 11.2 Å². The molecule has 118 valence electrons. The van der Waals surface area contributed by atoms with Crippen LogP contribution in [0.1, 0.15) is 27.7 Å². The molecule has 0 aromatic carbocycles. The molecule has 20 heavy (non-hydrogen) atoms. The highest BCUT2D eigenvalue weighted by Gasteiger charge is 2.35. The molecule has 8 heteroatoms.